The topological polar surface area (TPSA) is 198 Å². The fourth-order valence-electron chi connectivity index (χ4n) is 4.80. The largest absolute Gasteiger partial charge is 0.473 e. The number of rotatable bonds is 12. The van der Waals surface area contributed by atoms with E-state index < -0.39 is 23.9 Å². The zero-order valence-corrected chi connectivity index (χ0v) is 28.2. The Morgan fingerprint density at radius 3 is 2.00 bits per heavy atom. The fraction of sp³-hybridized carbons (Fsp3) is 0.455. The van der Waals surface area contributed by atoms with Gasteiger partial charge in [-0.2, -0.15) is 0 Å². The van der Waals surface area contributed by atoms with Gasteiger partial charge in [-0.3, -0.25) is 9.69 Å². The molecule has 1 fully saturated rings. The fourth-order valence-corrected chi connectivity index (χ4v) is 5.68. The van der Waals surface area contributed by atoms with Crippen LogP contribution in [0.25, 0.3) is 10.2 Å². The van der Waals surface area contributed by atoms with Gasteiger partial charge in [0.1, 0.15) is 0 Å². The van der Waals surface area contributed by atoms with Crippen molar-refractivity contribution >= 4 is 57.0 Å². The molecule has 48 heavy (non-hydrogen) atoms. The lowest BCUT2D eigenvalue weighted by molar-refractivity contribution is -0.159. The Bertz CT molecular complexity index is 1440. The summed E-state index contributed by atoms with van der Waals surface area (Å²) in [5, 5.41) is 30.3. The van der Waals surface area contributed by atoms with Gasteiger partial charge < -0.3 is 35.0 Å². The lowest BCUT2D eigenvalue weighted by Gasteiger charge is -2.38. The first-order chi connectivity index (χ1) is 22.9. The quantitative estimate of drug-likeness (QED) is 0.159. The van der Waals surface area contributed by atoms with Gasteiger partial charge in [0.05, 0.1) is 16.8 Å². The van der Waals surface area contributed by atoms with Crippen LogP contribution in [0.4, 0.5) is 5.69 Å². The highest BCUT2D eigenvalue weighted by Gasteiger charge is 2.25. The number of carboxylic acids is 4. The minimum atomic E-state index is -1.82. The van der Waals surface area contributed by atoms with Gasteiger partial charge in [0.15, 0.2) is 0 Å². The number of benzene rings is 2. The second-order valence-electron chi connectivity index (χ2n) is 10.9. The number of aromatic nitrogens is 1. The highest BCUT2D eigenvalue weighted by Crippen LogP contribution is 2.32. The van der Waals surface area contributed by atoms with E-state index >= 15 is 0 Å². The number of hydrogen-bond acceptors (Lipinski definition) is 10. The maximum Gasteiger partial charge on any atom is 0.414 e. The van der Waals surface area contributed by atoms with Crippen LogP contribution in [0.3, 0.4) is 0 Å². The van der Waals surface area contributed by atoms with Gasteiger partial charge in [-0.15, -0.1) is 0 Å². The number of carbonyl (C=O) groups is 5. The van der Waals surface area contributed by atoms with Crippen LogP contribution >= 0.6 is 11.3 Å². The summed E-state index contributed by atoms with van der Waals surface area (Å²) in [5.74, 6) is -7.14. The normalized spacial score (nSPS) is 13.6. The molecule has 0 radical (unpaired) electrons. The summed E-state index contributed by atoms with van der Waals surface area (Å²) in [7, 11) is 0. The number of hydrogen-bond donors (Lipinski definition) is 4. The number of amides is 1. The second-order valence-corrected chi connectivity index (χ2v) is 11.9. The summed E-state index contributed by atoms with van der Waals surface area (Å²) in [6.07, 6.45) is 3.72. The molecule has 4 rings (SSSR count). The molecule has 1 aromatic heterocycles. The number of aliphatic carboxylic acids is 4. The minimum Gasteiger partial charge on any atom is -0.473 e. The van der Waals surface area contributed by atoms with E-state index in [4.69, 9.17) is 44.3 Å². The number of unbranched alkanes of at least 4 members (excludes halogenated alkanes) is 1. The highest BCUT2D eigenvalue weighted by molar-refractivity contribution is 7.20. The Kier molecular flexibility index (Phi) is 17.0. The molecule has 1 amide bonds. The first kappa shape index (κ1) is 39.6. The summed E-state index contributed by atoms with van der Waals surface area (Å²) in [6.45, 7) is 13.2. The number of anilines is 1. The second kappa shape index (κ2) is 20.6. The molecule has 0 bridgehead atoms. The summed E-state index contributed by atoms with van der Waals surface area (Å²) in [5.41, 5.74) is 3.28. The van der Waals surface area contributed by atoms with Crippen LogP contribution < -0.4 is 9.64 Å². The van der Waals surface area contributed by atoms with E-state index in [1.54, 1.807) is 11.3 Å². The van der Waals surface area contributed by atoms with E-state index in [1.807, 2.05) is 24.0 Å². The molecular weight excluding hydrogens is 644 g/mol. The smallest absolute Gasteiger partial charge is 0.414 e. The van der Waals surface area contributed by atoms with Crippen molar-refractivity contribution in [3.63, 3.8) is 0 Å². The van der Waals surface area contributed by atoms with Crippen LogP contribution in [-0.4, -0.2) is 117 Å². The summed E-state index contributed by atoms with van der Waals surface area (Å²) < 4.78 is 6.88. The average molecular weight is 689 g/mol. The Morgan fingerprint density at radius 2 is 1.46 bits per heavy atom. The molecule has 1 atom stereocenters. The zero-order chi connectivity index (χ0) is 35.6. The van der Waals surface area contributed by atoms with Gasteiger partial charge in [0.25, 0.3) is 5.19 Å². The Balaban J connectivity index is 0.000000570. The number of carboxylic acid groups (broad SMARTS) is 4. The number of nitrogens with zero attached hydrogens (tertiary/aromatic N) is 4. The zero-order valence-electron chi connectivity index (χ0n) is 27.4. The van der Waals surface area contributed by atoms with Gasteiger partial charge in [-0.05, 0) is 43.5 Å². The predicted molar refractivity (Wildman–Crippen MR) is 181 cm³/mol. The van der Waals surface area contributed by atoms with E-state index in [9.17, 15) is 4.79 Å². The minimum absolute atomic E-state index is 0.0963. The Morgan fingerprint density at radius 1 is 0.875 bits per heavy atom. The summed E-state index contributed by atoms with van der Waals surface area (Å²) in [6, 6.07) is 17.0. The van der Waals surface area contributed by atoms with E-state index in [0.717, 1.165) is 74.4 Å². The van der Waals surface area contributed by atoms with Crippen molar-refractivity contribution in [2.24, 2.45) is 0 Å². The van der Waals surface area contributed by atoms with Crippen molar-refractivity contribution in [2.45, 2.75) is 52.5 Å². The molecule has 3 aromatic rings. The van der Waals surface area contributed by atoms with Crippen LogP contribution in [0.15, 0.2) is 48.5 Å². The molecule has 0 aliphatic carbocycles. The molecule has 14 nitrogen and oxygen atoms in total. The Hall–Kier alpha value is -4.60. The maximum atomic E-state index is 13.0. The van der Waals surface area contributed by atoms with Gasteiger partial charge in [-0.25, -0.2) is 24.2 Å². The first-order valence-electron chi connectivity index (χ1n) is 15.6. The Labute approximate surface area is 283 Å². The van der Waals surface area contributed by atoms with Crippen molar-refractivity contribution in [3.05, 3.63) is 54.1 Å². The van der Waals surface area contributed by atoms with Crippen molar-refractivity contribution in [1.29, 1.82) is 0 Å². The van der Waals surface area contributed by atoms with Crippen LogP contribution in [-0.2, 0) is 30.4 Å². The monoisotopic (exact) mass is 688 g/mol. The summed E-state index contributed by atoms with van der Waals surface area (Å²) >= 11 is 1.56. The van der Waals surface area contributed by atoms with Gasteiger partial charge in [-0.1, -0.05) is 61.9 Å². The molecule has 1 saturated heterocycles. The van der Waals surface area contributed by atoms with Crippen molar-refractivity contribution in [3.8, 4) is 5.19 Å². The standard InChI is InChI=1S/C29H40N4O2S.2C2H2O4/c1-4-6-20-35-29-30-26-13-12-25(21-27(26)36-29)33(28(34)5-2)23(3)22-32-18-16-31(17-19-32)15-14-24-10-8-7-9-11-24;2*3-1(4)2(5)6/h7-13,21,23H,4-6,14-20,22H2,1-3H3;2*(H,3,4)(H,5,6). The molecule has 0 spiro atoms. The maximum absolute atomic E-state index is 13.0. The third-order valence-electron chi connectivity index (χ3n) is 7.28. The van der Waals surface area contributed by atoms with Gasteiger partial charge in [0, 0.05) is 57.4 Å². The SMILES string of the molecule is CCCCOc1nc2ccc(N(C(=O)CC)C(C)CN3CCN(CCc4ccccc4)CC3)cc2s1.O=C(O)C(=O)O.O=C(O)C(=O)O. The summed E-state index contributed by atoms with van der Waals surface area (Å²) in [4.78, 5) is 61.1. The number of thiazole rings is 1. The molecule has 1 unspecified atom stereocenters. The van der Waals surface area contributed by atoms with E-state index in [0.29, 0.717) is 18.2 Å². The average Bonchev–Trinajstić information content (AvgIpc) is 3.47. The lowest BCUT2D eigenvalue weighted by atomic mass is 10.1. The first-order valence-corrected chi connectivity index (χ1v) is 16.4. The molecule has 0 saturated carbocycles. The molecule has 1 aliphatic rings. The number of carbonyl (C=O) groups excluding carboxylic acids is 1. The molecule has 262 valence electrons. The third kappa shape index (κ3) is 13.6. The number of ether oxygens (including phenoxy) is 1. The lowest BCUT2D eigenvalue weighted by Crippen LogP contribution is -2.52. The molecule has 2 aromatic carbocycles. The number of piperazine rings is 1. The number of fused-ring (bicyclic) bond motifs is 1. The van der Waals surface area contributed by atoms with Crippen molar-refractivity contribution in [1.82, 2.24) is 14.8 Å². The van der Waals surface area contributed by atoms with E-state index in [-0.39, 0.29) is 11.9 Å². The molecule has 2 heterocycles. The van der Waals surface area contributed by atoms with Crippen LogP contribution in [0.5, 0.6) is 5.19 Å². The molecule has 4 N–H and O–H groups in total. The van der Waals surface area contributed by atoms with Crippen LogP contribution in [0, 0.1) is 0 Å². The van der Waals surface area contributed by atoms with Crippen molar-refractivity contribution < 1.29 is 49.1 Å². The molecule has 15 heteroatoms. The highest BCUT2D eigenvalue weighted by atomic mass is 32.1. The van der Waals surface area contributed by atoms with Gasteiger partial charge >= 0.3 is 23.9 Å². The predicted octanol–water partition coefficient (Wildman–Crippen LogP) is 3.78. The van der Waals surface area contributed by atoms with E-state index in [2.05, 4.69) is 65.0 Å². The van der Waals surface area contributed by atoms with Crippen LogP contribution in [0.1, 0.15) is 45.6 Å². The van der Waals surface area contributed by atoms with Crippen LogP contribution in [0.2, 0.25) is 0 Å². The third-order valence-corrected chi connectivity index (χ3v) is 8.21. The van der Waals surface area contributed by atoms with E-state index in [1.165, 1.54) is 5.56 Å². The van der Waals surface area contributed by atoms with Gasteiger partial charge in [0.2, 0.25) is 5.91 Å². The molecule has 1 aliphatic heterocycles. The van der Waals surface area contributed by atoms with Crippen molar-refractivity contribution in [2.75, 3.05) is 50.8 Å². The molecular formula is C33H44N4O10S.